The molecule has 1 saturated heterocycles. The molecule has 0 bridgehead atoms. The average Bonchev–Trinajstić information content (AvgIpc) is 2.74. The lowest BCUT2D eigenvalue weighted by molar-refractivity contribution is 0.122. The molecule has 10 nitrogen and oxygen atoms in total. The lowest BCUT2D eigenvalue weighted by atomic mass is 10.2. The van der Waals surface area contributed by atoms with Crippen LogP contribution in [0.25, 0.3) is 0 Å². The van der Waals surface area contributed by atoms with Gasteiger partial charge in [-0.15, -0.1) is 0 Å². The second-order valence-electron chi connectivity index (χ2n) is 6.23. The van der Waals surface area contributed by atoms with Crippen molar-refractivity contribution in [1.82, 2.24) is 15.0 Å². The average molecular weight is 387 g/mol. The highest BCUT2D eigenvalue weighted by Crippen LogP contribution is 2.23. The van der Waals surface area contributed by atoms with Crippen LogP contribution in [0.2, 0.25) is 0 Å². The van der Waals surface area contributed by atoms with Gasteiger partial charge in [0.1, 0.15) is 11.5 Å². The number of benzene rings is 1. The van der Waals surface area contributed by atoms with E-state index in [1.165, 1.54) is 0 Å². The van der Waals surface area contributed by atoms with Crippen LogP contribution >= 0.6 is 0 Å². The number of hydrazone groups is 1. The molecule has 1 N–H and O–H groups in total. The van der Waals surface area contributed by atoms with Crippen molar-refractivity contribution in [1.29, 1.82) is 0 Å². The van der Waals surface area contributed by atoms with Gasteiger partial charge in [-0.25, -0.2) is 5.43 Å². The second kappa shape index (κ2) is 9.18. The standard InChI is InChI=1S/C18H25N7O3/c1-24(2)17-20-16(21-18(22-17)25-7-9-28-10-8-25)23-19-12-13-5-6-14(26-3)11-15(13)27-4/h5-6,11-12H,7-10H2,1-4H3,(H,20,21,22,23). The zero-order valence-electron chi connectivity index (χ0n) is 16.5. The third-order valence-electron chi connectivity index (χ3n) is 4.11. The molecule has 1 aromatic heterocycles. The third kappa shape index (κ3) is 4.77. The Morgan fingerprint density at radius 1 is 1.14 bits per heavy atom. The first kappa shape index (κ1) is 19.6. The van der Waals surface area contributed by atoms with Gasteiger partial charge >= 0.3 is 0 Å². The molecule has 3 rings (SSSR count). The number of hydrogen-bond acceptors (Lipinski definition) is 10. The molecule has 0 aliphatic carbocycles. The SMILES string of the molecule is COc1ccc(C=NNc2nc(N(C)C)nc(N3CCOCC3)n2)c(OC)c1. The molecular formula is C18H25N7O3. The van der Waals surface area contributed by atoms with E-state index >= 15 is 0 Å². The van der Waals surface area contributed by atoms with E-state index in [-0.39, 0.29) is 0 Å². The molecule has 0 atom stereocenters. The van der Waals surface area contributed by atoms with E-state index in [9.17, 15) is 0 Å². The van der Waals surface area contributed by atoms with E-state index in [0.29, 0.717) is 42.6 Å². The molecule has 28 heavy (non-hydrogen) atoms. The summed E-state index contributed by atoms with van der Waals surface area (Å²) in [6.45, 7) is 2.79. The minimum Gasteiger partial charge on any atom is -0.497 e. The number of hydrogen-bond donors (Lipinski definition) is 1. The molecule has 0 radical (unpaired) electrons. The fourth-order valence-corrected chi connectivity index (χ4v) is 2.59. The van der Waals surface area contributed by atoms with Crippen LogP contribution in [-0.4, -0.2) is 75.8 Å². The van der Waals surface area contributed by atoms with Gasteiger partial charge in [0, 0.05) is 38.8 Å². The predicted molar refractivity (Wildman–Crippen MR) is 108 cm³/mol. The molecule has 1 aromatic carbocycles. The molecule has 0 spiro atoms. The Morgan fingerprint density at radius 2 is 1.93 bits per heavy atom. The molecule has 2 heterocycles. The fourth-order valence-electron chi connectivity index (χ4n) is 2.59. The number of morpholine rings is 1. The Morgan fingerprint density at radius 3 is 2.61 bits per heavy atom. The number of methoxy groups -OCH3 is 2. The van der Waals surface area contributed by atoms with Crippen molar-refractivity contribution in [3.8, 4) is 11.5 Å². The predicted octanol–water partition coefficient (Wildman–Crippen LogP) is 1.24. The highest BCUT2D eigenvalue weighted by atomic mass is 16.5. The normalized spacial score (nSPS) is 14.2. The summed E-state index contributed by atoms with van der Waals surface area (Å²) in [6.07, 6.45) is 1.64. The highest BCUT2D eigenvalue weighted by Gasteiger charge is 2.17. The van der Waals surface area contributed by atoms with Gasteiger partial charge in [-0.3, -0.25) is 0 Å². The van der Waals surface area contributed by atoms with Crippen LogP contribution in [0.3, 0.4) is 0 Å². The van der Waals surface area contributed by atoms with E-state index < -0.39 is 0 Å². The molecule has 0 saturated carbocycles. The molecular weight excluding hydrogens is 362 g/mol. The Labute approximate surface area is 164 Å². The summed E-state index contributed by atoms with van der Waals surface area (Å²) in [7, 11) is 6.98. The zero-order valence-corrected chi connectivity index (χ0v) is 16.5. The van der Waals surface area contributed by atoms with Gasteiger partial charge in [-0.05, 0) is 12.1 Å². The van der Waals surface area contributed by atoms with Crippen molar-refractivity contribution in [2.75, 3.05) is 69.8 Å². The third-order valence-corrected chi connectivity index (χ3v) is 4.11. The number of anilines is 3. The van der Waals surface area contributed by atoms with Gasteiger partial charge < -0.3 is 24.0 Å². The zero-order chi connectivity index (χ0) is 19.9. The van der Waals surface area contributed by atoms with E-state index in [2.05, 4.69) is 30.4 Å². The number of nitrogens with zero attached hydrogens (tertiary/aromatic N) is 6. The van der Waals surface area contributed by atoms with E-state index in [1.54, 1.807) is 26.5 Å². The number of rotatable bonds is 7. The summed E-state index contributed by atoms with van der Waals surface area (Å²) in [5, 5.41) is 4.25. The summed E-state index contributed by atoms with van der Waals surface area (Å²) >= 11 is 0. The smallest absolute Gasteiger partial charge is 0.250 e. The lowest BCUT2D eigenvalue weighted by Gasteiger charge is -2.27. The summed E-state index contributed by atoms with van der Waals surface area (Å²) in [5.41, 5.74) is 3.68. The van der Waals surface area contributed by atoms with Crippen LogP contribution < -0.4 is 24.7 Å². The Balaban J connectivity index is 1.79. The van der Waals surface area contributed by atoms with Crippen molar-refractivity contribution in [2.45, 2.75) is 0 Å². The molecule has 1 fully saturated rings. The van der Waals surface area contributed by atoms with Crippen LogP contribution in [0.1, 0.15) is 5.56 Å². The maximum absolute atomic E-state index is 5.40. The number of aromatic nitrogens is 3. The van der Waals surface area contributed by atoms with Crippen molar-refractivity contribution in [3.05, 3.63) is 23.8 Å². The van der Waals surface area contributed by atoms with Gasteiger partial charge in [-0.1, -0.05) is 0 Å². The van der Waals surface area contributed by atoms with Gasteiger partial charge in [0.25, 0.3) is 0 Å². The number of nitrogens with one attached hydrogen (secondary N) is 1. The van der Waals surface area contributed by atoms with Crippen LogP contribution in [0.4, 0.5) is 17.8 Å². The molecule has 0 amide bonds. The molecule has 150 valence electrons. The first-order chi connectivity index (χ1) is 13.6. The van der Waals surface area contributed by atoms with Crippen molar-refractivity contribution in [3.63, 3.8) is 0 Å². The maximum Gasteiger partial charge on any atom is 0.250 e. The Hall–Kier alpha value is -3.14. The quantitative estimate of drug-likeness (QED) is 0.556. The van der Waals surface area contributed by atoms with E-state index in [1.807, 2.05) is 31.1 Å². The van der Waals surface area contributed by atoms with Crippen molar-refractivity contribution >= 4 is 24.1 Å². The fraction of sp³-hybridized carbons (Fsp3) is 0.444. The van der Waals surface area contributed by atoms with Gasteiger partial charge in [0.15, 0.2) is 0 Å². The van der Waals surface area contributed by atoms with Crippen molar-refractivity contribution in [2.24, 2.45) is 5.10 Å². The topological polar surface area (TPSA) is 97.2 Å². The molecule has 10 heteroatoms. The van der Waals surface area contributed by atoms with Crippen molar-refractivity contribution < 1.29 is 14.2 Å². The minimum absolute atomic E-state index is 0.365. The summed E-state index contributed by atoms with van der Waals surface area (Å²) in [6, 6.07) is 5.50. The summed E-state index contributed by atoms with van der Waals surface area (Å²) in [4.78, 5) is 17.3. The molecule has 0 unspecified atom stereocenters. The van der Waals surface area contributed by atoms with Gasteiger partial charge in [-0.2, -0.15) is 20.1 Å². The summed E-state index contributed by atoms with van der Waals surface area (Å²) < 4.78 is 16.0. The first-order valence-corrected chi connectivity index (χ1v) is 8.88. The van der Waals surface area contributed by atoms with Crippen LogP contribution in [0.5, 0.6) is 11.5 Å². The minimum atomic E-state index is 0.365. The van der Waals surface area contributed by atoms with Crippen LogP contribution in [-0.2, 0) is 4.74 Å². The van der Waals surface area contributed by atoms with Gasteiger partial charge in [0.2, 0.25) is 17.8 Å². The van der Waals surface area contributed by atoms with E-state index in [4.69, 9.17) is 14.2 Å². The highest BCUT2D eigenvalue weighted by molar-refractivity contribution is 5.84. The second-order valence-corrected chi connectivity index (χ2v) is 6.23. The Kier molecular flexibility index (Phi) is 6.43. The molecule has 1 aliphatic heterocycles. The Bertz CT molecular complexity index is 823. The lowest BCUT2D eigenvalue weighted by Crippen LogP contribution is -2.37. The van der Waals surface area contributed by atoms with E-state index in [0.717, 1.165) is 18.7 Å². The monoisotopic (exact) mass is 387 g/mol. The number of ether oxygens (including phenoxy) is 3. The van der Waals surface area contributed by atoms with Gasteiger partial charge in [0.05, 0.1) is 33.6 Å². The maximum atomic E-state index is 5.40. The first-order valence-electron chi connectivity index (χ1n) is 8.88. The largest absolute Gasteiger partial charge is 0.497 e. The summed E-state index contributed by atoms with van der Waals surface area (Å²) in [5.74, 6) is 2.88. The van der Waals surface area contributed by atoms with Crippen LogP contribution in [0.15, 0.2) is 23.3 Å². The molecule has 2 aromatic rings. The van der Waals surface area contributed by atoms with Crippen LogP contribution in [0, 0.1) is 0 Å². The molecule has 1 aliphatic rings.